The number of amides is 1. The quantitative estimate of drug-likeness (QED) is 0.877. The Morgan fingerprint density at radius 2 is 2.05 bits per heavy atom. The van der Waals surface area contributed by atoms with E-state index in [2.05, 4.69) is 0 Å². The molecule has 1 aromatic carbocycles. The van der Waals surface area contributed by atoms with Crippen molar-refractivity contribution in [3.8, 4) is 0 Å². The lowest BCUT2D eigenvalue weighted by Crippen LogP contribution is -2.31. The Morgan fingerprint density at radius 1 is 1.42 bits per heavy atom. The van der Waals surface area contributed by atoms with E-state index >= 15 is 0 Å². The van der Waals surface area contributed by atoms with E-state index in [1.165, 1.54) is 0 Å². The van der Waals surface area contributed by atoms with Crippen molar-refractivity contribution in [3.63, 3.8) is 0 Å². The van der Waals surface area contributed by atoms with Gasteiger partial charge in [0.2, 0.25) is 5.91 Å². The second-order valence-corrected chi connectivity index (χ2v) is 4.92. The van der Waals surface area contributed by atoms with Gasteiger partial charge in [-0.3, -0.25) is 4.79 Å². The Kier molecular flexibility index (Phi) is 8.81. The third-order valence-electron chi connectivity index (χ3n) is 2.87. The van der Waals surface area contributed by atoms with Crippen LogP contribution in [0.5, 0.6) is 0 Å². The highest BCUT2D eigenvalue weighted by Crippen LogP contribution is 2.17. The van der Waals surface area contributed by atoms with Gasteiger partial charge >= 0.3 is 0 Å². The molecule has 0 saturated heterocycles. The molecule has 19 heavy (non-hydrogen) atoms. The van der Waals surface area contributed by atoms with Crippen LogP contribution in [0.25, 0.3) is 0 Å². The molecule has 0 saturated carbocycles. The van der Waals surface area contributed by atoms with Gasteiger partial charge in [-0.15, -0.1) is 12.4 Å². The van der Waals surface area contributed by atoms with Crippen LogP contribution < -0.4 is 5.73 Å². The van der Waals surface area contributed by atoms with Crippen LogP contribution in [-0.4, -0.2) is 23.4 Å². The molecule has 1 unspecified atom stereocenters. The Labute approximate surface area is 126 Å². The highest BCUT2D eigenvalue weighted by Gasteiger charge is 2.13. The first kappa shape index (κ1) is 18.2. The first-order chi connectivity index (χ1) is 8.54. The maximum absolute atomic E-state index is 12.0. The van der Waals surface area contributed by atoms with Crippen molar-refractivity contribution in [1.29, 1.82) is 0 Å². The molecule has 108 valence electrons. The SMILES string of the molecule is CCN(Cc1ccccc1Cl)C(=O)CCC(C)N.Cl. The van der Waals surface area contributed by atoms with Gasteiger partial charge in [-0.1, -0.05) is 29.8 Å². The summed E-state index contributed by atoms with van der Waals surface area (Å²) >= 11 is 6.10. The standard InChI is InChI=1S/C14H21ClN2O.ClH/c1-3-17(14(18)9-8-11(2)16)10-12-6-4-5-7-13(12)15;/h4-7,11H,3,8-10,16H2,1-2H3;1H. The number of halogens is 2. The Balaban J connectivity index is 0.00000324. The second-order valence-electron chi connectivity index (χ2n) is 4.52. The number of nitrogens with two attached hydrogens (primary N) is 1. The normalized spacial score (nSPS) is 11.6. The van der Waals surface area contributed by atoms with Crippen LogP contribution >= 0.6 is 24.0 Å². The largest absolute Gasteiger partial charge is 0.339 e. The molecule has 3 nitrogen and oxygen atoms in total. The molecule has 1 atom stereocenters. The first-order valence-electron chi connectivity index (χ1n) is 6.31. The van der Waals surface area contributed by atoms with E-state index < -0.39 is 0 Å². The number of nitrogens with zero attached hydrogens (tertiary/aromatic N) is 1. The van der Waals surface area contributed by atoms with E-state index in [-0.39, 0.29) is 24.4 Å². The van der Waals surface area contributed by atoms with Gasteiger partial charge in [-0.05, 0) is 31.9 Å². The second kappa shape index (κ2) is 9.18. The molecule has 0 aliphatic heterocycles. The fourth-order valence-corrected chi connectivity index (χ4v) is 1.91. The average Bonchev–Trinajstić information content (AvgIpc) is 2.35. The molecule has 0 heterocycles. The van der Waals surface area contributed by atoms with Crippen molar-refractivity contribution >= 4 is 29.9 Å². The third kappa shape index (κ3) is 6.28. The van der Waals surface area contributed by atoms with Crippen molar-refractivity contribution in [2.45, 2.75) is 39.3 Å². The summed E-state index contributed by atoms with van der Waals surface area (Å²) in [6.07, 6.45) is 1.22. The molecule has 0 fully saturated rings. The molecular formula is C14H22Cl2N2O. The van der Waals surface area contributed by atoms with Gasteiger partial charge in [-0.25, -0.2) is 0 Å². The van der Waals surface area contributed by atoms with E-state index in [1.807, 2.05) is 43.0 Å². The summed E-state index contributed by atoms with van der Waals surface area (Å²) in [7, 11) is 0. The monoisotopic (exact) mass is 304 g/mol. The highest BCUT2D eigenvalue weighted by atomic mass is 35.5. The lowest BCUT2D eigenvalue weighted by Gasteiger charge is -2.22. The first-order valence-corrected chi connectivity index (χ1v) is 6.69. The third-order valence-corrected chi connectivity index (χ3v) is 3.24. The molecule has 1 rings (SSSR count). The minimum Gasteiger partial charge on any atom is -0.339 e. The van der Waals surface area contributed by atoms with Gasteiger partial charge in [0.25, 0.3) is 0 Å². The molecule has 0 bridgehead atoms. The van der Waals surface area contributed by atoms with E-state index in [4.69, 9.17) is 17.3 Å². The predicted octanol–water partition coefficient (Wildman–Crippen LogP) is 3.24. The molecule has 0 aliphatic rings. The van der Waals surface area contributed by atoms with Crippen LogP contribution in [0.4, 0.5) is 0 Å². The summed E-state index contributed by atoms with van der Waals surface area (Å²) in [6.45, 7) is 5.13. The molecule has 0 radical (unpaired) electrons. The lowest BCUT2D eigenvalue weighted by atomic mass is 10.1. The number of hydrogen-bond acceptors (Lipinski definition) is 2. The van der Waals surface area contributed by atoms with E-state index in [0.717, 1.165) is 12.0 Å². The zero-order chi connectivity index (χ0) is 13.5. The summed E-state index contributed by atoms with van der Waals surface area (Å²) < 4.78 is 0. The number of rotatable bonds is 6. The molecule has 5 heteroatoms. The number of carbonyl (C=O) groups excluding carboxylic acids is 1. The Morgan fingerprint density at radius 3 is 2.58 bits per heavy atom. The average molecular weight is 305 g/mol. The maximum Gasteiger partial charge on any atom is 0.222 e. The summed E-state index contributed by atoms with van der Waals surface area (Å²) in [6, 6.07) is 7.68. The van der Waals surface area contributed by atoms with Gasteiger partial charge in [0, 0.05) is 30.6 Å². The Bertz CT molecular complexity index is 397. The zero-order valence-electron chi connectivity index (χ0n) is 11.4. The Hall–Kier alpha value is -0.770. The van der Waals surface area contributed by atoms with E-state index in [0.29, 0.717) is 24.5 Å². The van der Waals surface area contributed by atoms with E-state index in [9.17, 15) is 4.79 Å². The van der Waals surface area contributed by atoms with Gasteiger partial charge in [-0.2, -0.15) is 0 Å². The minimum atomic E-state index is 0. The van der Waals surface area contributed by atoms with Crippen molar-refractivity contribution < 1.29 is 4.79 Å². The van der Waals surface area contributed by atoms with Crippen LogP contribution in [0.15, 0.2) is 24.3 Å². The van der Waals surface area contributed by atoms with Gasteiger partial charge in [0.05, 0.1) is 0 Å². The number of carbonyl (C=O) groups is 1. The molecule has 0 aliphatic carbocycles. The summed E-state index contributed by atoms with van der Waals surface area (Å²) in [5.74, 6) is 0.134. The van der Waals surface area contributed by atoms with Crippen molar-refractivity contribution in [1.82, 2.24) is 4.90 Å². The number of benzene rings is 1. The predicted molar refractivity (Wildman–Crippen MR) is 82.7 cm³/mol. The van der Waals surface area contributed by atoms with Crippen LogP contribution in [-0.2, 0) is 11.3 Å². The van der Waals surface area contributed by atoms with Crippen molar-refractivity contribution in [3.05, 3.63) is 34.9 Å². The van der Waals surface area contributed by atoms with Crippen molar-refractivity contribution in [2.75, 3.05) is 6.54 Å². The highest BCUT2D eigenvalue weighted by molar-refractivity contribution is 6.31. The summed E-state index contributed by atoms with van der Waals surface area (Å²) in [5.41, 5.74) is 6.65. The summed E-state index contributed by atoms with van der Waals surface area (Å²) in [5, 5.41) is 0.705. The molecule has 0 spiro atoms. The van der Waals surface area contributed by atoms with Gasteiger partial charge in [0.1, 0.15) is 0 Å². The topological polar surface area (TPSA) is 46.3 Å². The van der Waals surface area contributed by atoms with Crippen LogP contribution in [0, 0.1) is 0 Å². The lowest BCUT2D eigenvalue weighted by molar-refractivity contribution is -0.131. The van der Waals surface area contributed by atoms with Crippen molar-refractivity contribution in [2.24, 2.45) is 5.73 Å². The molecule has 2 N–H and O–H groups in total. The summed E-state index contributed by atoms with van der Waals surface area (Å²) in [4.78, 5) is 13.8. The molecule has 0 aromatic heterocycles. The fraction of sp³-hybridized carbons (Fsp3) is 0.500. The van der Waals surface area contributed by atoms with Crippen LogP contribution in [0.1, 0.15) is 32.3 Å². The van der Waals surface area contributed by atoms with Crippen LogP contribution in [0.3, 0.4) is 0 Å². The maximum atomic E-state index is 12.0. The van der Waals surface area contributed by atoms with E-state index in [1.54, 1.807) is 0 Å². The smallest absolute Gasteiger partial charge is 0.222 e. The van der Waals surface area contributed by atoms with Crippen LogP contribution in [0.2, 0.25) is 5.02 Å². The zero-order valence-corrected chi connectivity index (χ0v) is 13.0. The molecular weight excluding hydrogens is 283 g/mol. The van der Waals surface area contributed by atoms with Gasteiger partial charge < -0.3 is 10.6 Å². The number of hydrogen-bond donors (Lipinski definition) is 1. The van der Waals surface area contributed by atoms with Gasteiger partial charge in [0.15, 0.2) is 0 Å². The molecule has 1 aromatic rings. The fourth-order valence-electron chi connectivity index (χ4n) is 1.72. The molecule has 1 amide bonds. The minimum absolute atomic E-state index is 0.